The van der Waals surface area contributed by atoms with Gasteiger partial charge in [0, 0.05) is 34.2 Å². The van der Waals surface area contributed by atoms with E-state index in [2.05, 4.69) is 24.3 Å². The van der Waals surface area contributed by atoms with Crippen molar-refractivity contribution >= 4 is 11.8 Å². The van der Waals surface area contributed by atoms with E-state index in [1.807, 2.05) is 11.8 Å². The van der Waals surface area contributed by atoms with Crippen LogP contribution in [0.3, 0.4) is 0 Å². The molecule has 2 nitrogen and oxygen atoms in total. The maximum atomic E-state index is 13.9. The van der Waals surface area contributed by atoms with Crippen LogP contribution in [0.5, 0.6) is 5.75 Å². The lowest BCUT2D eigenvalue weighted by atomic mass is 10.0. The van der Waals surface area contributed by atoms with Crippen LogP contribution in [0.25, 0.3) is 0 Å². The van der Waals surface area contributed by atoms with Crippen molar-refractivity contribution in [3.8, 4) is 5.75 Å². The van der Waals surface area contributed by atoms with E-state index in [4.69, 9.17) is 10.5 Å². The van der Waals surface area contributed by atoms with Gasteiger partial charge in [0.25, 0.3) is 0 Å². The summed E-state index contributed by atoms with van der Waals surface area (Å²) in [5.41, 5.74) is 7.55. The van der Waals surface area contributed by atoms with Crippen LogP contribution in [-0.2, 0) is 0 Å². The summed E-state index contributed by atoms with van der Waals surface area (Å²) in [5, 5.41) is 0. The third-order valence-electron chi connectivity index (χ3n) is 3.71. The van der Waals surface area contributed by atoms with Gasteiger partial charge in [-0.1, -0.05) is 24.3 Å². The van der Waals surface area contributed by atoms with Crippen LogP contribution in [0.4, 0.5) is 4.39 Å². The van der Waals surface area contributed by atoms with Crippen molar-refractivity contribution in [3.05, 3.63) is 59.4 Å². The van der Waals surface area contributed by atoms with Crippen LogP contribution in [-0.4, -0.2) is 12.4 Å². The molecule has 0 radical (unpaired) electrons. The standard InChI is InChI=1S/C17H18FNOS/c1-11(19)14-7-6-13(8-16(14)18)20-9-12-10-21-17-5-3-2-4-15(12)17/h2-8,11-12H,9-10,19H2,1H3/t11-,12?/m1/s1. The molecule has 0 bridgehead atoms. The summed E-state index contributed by atoms with van der Waals surface area (Å²) in [6.07, 6.45) is 0. The van der Waals surface area contributed by atoms with Crippen molar-refractivity contribution < 1.29 is 9.13 Å². The van der Waals surface area contributed by atoms with Crippen molar-refractivity contribution in [2.24, 2.45) is 5.73 Å². The molecule has 0 saturated carbocycles. The van der Waals surface area contributed by atoms with E-state index in [0.717, 1.165) is 5.75 Å². The van der Waals surface area contributed by atoms with Gasteiger partial charge < -0.3 is 10.5 Å². The molecule has 2 aromatic carbocycles. The number of halogens is 1. The summed E-state index contributed by atoms with van der Waals surface area (Å²) in [6.45, 7) is 2.34. The van der Waals surface area contributed by atoms with Crippen molar-refractivity contribution in [2.45, 2.75) is 23.8 Å². The minimum atomic E-state index is -0.308. The Kier molecular flexibility index (Phi) is 4.17. The van der Waals surface area contributed by atoms with Gasteiger partial charge in [-0.3, -0.25) is 0 Å². The van der Waals surface area contributed by atoms with Gasteiger partial charge in [-0.2, -0.15) is 0 Å². The Labute approximate surface area is 128 Å². The van der Waals surface area contributed by atoms with E-state index in [1.165, 1.54) is 16.5 Å². The number of hydrogen-bond donors (Lipinski definition) is 1. The molecule has 3 rings (SSSR count). The lowest BCUT2D eigenvalue weighted by Gasteiger charge is -2.14. The highest BCUT2D eigenvalue weighted by Crippen LogP contribution is 2.39. The maximum absolute atomic E-state index is 13.9. The Morgan fingerprint density at radius 1 is 1.33 bits per heavy atom. The third-order valence-corrected chi connectivity index (χ3v) is 4.96. The van der Waals surface area contributed by atoms with Gasteiger partial charge in [0.15, 0.2) is 0 Å². The average Bonchev–Trinajstić information content (AvgIpc) is 2.88. The molecule has 0 aliphatic carbocycles. The van der Waals surface area contributed by atoms with Crippen molar-refractivity contribution in [1.29, 1.82) is 0 Å². The summed E-state index contributed by atoms with van der Waals surface area (Å²) in [6, 6.07) is 13.0. The molecule has 0 saturated heterocycles. The van der Waals surface area contributed by atoms with E-state index in [0.29, 0.717) is 23.8 Å². The van der Waals surface area contributed by atoms with E-state index >= 15 is 0 Å². The van der Waals surface area contributed by atoms with Crippen LogP contribution in [0.15, 0.2) is 47.4 Å². The van der Waals surface area contributed by atoms with Crippen molar-refractivity contribution in [3.63, 3.8) is 0 Å². The second-order valence-corrected chi connectivity index (χ2v) is 6.39. The third kappa shape index (κ3) is 3.06. The molecule has 4 heteroatoms. The van der Waals surface area contributed by atoms with E-state index in [-0.39, 0.29) is 11.9 Å². The van der Waals surface area contributed by atoms with Gasteiger partial charge in [0.1, 0.15) is 11.6 Å². The van der Waals surface area contributed by atoms with Gasteiger partial charge in [0.05, 0.1) is 6.61 Å². The van der Waals surface area contributed by atoms with E-state index in [1.54, 1.807) is 19.1 Å². The SMILES string of the molecule is C[C@@H](N)c1ccc(OCC2CSc3ccccc32)cc1F. The number of rotatable bonds is 4. The van der Waals surface area contributed by atoms with Crippen LogP contribution in [0.2, 0.25) is 0 Å². The highest BCUT2D eigenvalue weighted by Gasteiger charge is 2.23. The van der Waals surface area contributed by atoms with E-state index in [9.17, 15) is 4.39 Å². The predicted octanol–water partition coefficient (Wildman–Crippen LogP) is 4.11. The molecule has 2 atom stereocenters. The fourth-order valence-electron chi connectivity index (χ4n) is 2.53. The lowest BCUT2D eigenvalue weighted by molar-refractivity contribution is 0.296. The fourth-order valence-corrected chi connectivity index (χ4v) is 3.76. The highest BCUT2D eigenvalue weighted by atomic mass is 32.2. The minimum absolute atomic E-state index is 0.302. The topological polar surface area (TPSA) is 35.2 Å². The zero-order valence-corrected chi connectivity index (χ0v) is 12.7. The first-order chi connectivity index (χ1) is 10.1. The Morgan fingerprint density at radius 2 is 2.14 bits per heavy atom. The highest BCUT2D eigenvalue weighted by molar-refractivity contribution is 7.99. The molecule has 1 unspecified atom stereocenters. The quantitative estimate of drug-likeness (QED) is 0.923. The fraction of sp³-hybridized carbons (Fsp3) is 0.294. The van der Waals surface area contributed by atoms with E-state index < -0.39 is 0 Å². The lowest BCUT2D eigenvalue weighted by Crippen LogP contribution is -2.11. The summed E-state index contributed by atoms with van der Waals surface area (Å²) in [4.78, 5) is 1.32. The number of nitrogens with two attached hydrogens (primary N) is 1. The largest absolute Gasteiger partial charge is 0.493 e. The normalized spacial score (nSPS) is 18.3. The molecule has 2 N–H and O–H groups in total. The second-order valence-electron chi connectivity index (χ2n) is 5.33. The number of hydrogen-bond acceptors (Lipinski definition) is 3. The average molecular weight is 303 g/mol. The second kappa shape index (κ2) is 6.08. The first-order valence-electron chi connectivity index (χ1n) is 7.04. The molecule has 2 aromatic rings. The monoisotopic (exact) mass is 303 g/mol. The van der Waals surface area contributed by atoms with Gasteiger partial charge in [-0.05, 0) is 24.6 Å². The summed E-state index contributed by atoms with van der Waals surface area (Å²) < 4.78 is 19.6. The zero-order chi connectivity index (χ0) is 14.8. The van der Waals surface area contributed by atoms with Gasteiger partial charge in [-0.25, -0.2) is 4.39 Å². The summed E-state index contributed by atoms with van der Waals surface area (Å²) in [5.74, 6) is 1.64. The summed E-state index contributed by atoms with van der Waals surface area (Å²) >= 11 is 1.85. The molecule has 0 aromatic heterocycles. The van der Waals surface area contributed by atoms with Gasteiger partial charge in [0.2, 0.25) is 0 Å². The first kappa shape index (κ1) is 14.4. The number of fused-ring (bicyclic) bond motifs is 1. The van der Waals surface area contributed by atoms with Crippen LogP contribution >= 0.6 is 11.8 Å². The van der Waals surface area contributed by atoms with Crippen LogP contribution in [0, 0.1) is 5.82 Å². The molecular formula is C17H18FNOS. The van der Waals surface area contributed by atoms with Crippen molar-refractivity contribution in [2.75, 3.05) is 12.4 Å². The summed E-state index contributed by atoms with van der Waals surface area (Å²) in [7, 11) is 0. The molecule has 0 amide bonds. The zero-order valence-electron chi connectivity index (χ0n) is 11.9. The van der Waals surface area contributed by atoms with Crippen LogP contribution < -0.4 is 10.5 Å². The minimum Gasteiger partial charge on any atom is -0.493 e. The Bertz CT molecular complexity index is 644. The molecule has 1 aliphatic rings. The first-order valence-corrected chi connectivity index (χ1v) is 8.03. The van der Waals surface area contributed by atoms with Crippen LogP contribution in [0.1, 0.15) is 30.0 Å². The molecule has 110 valence electrons. The molecule has 1 aliphatic heterocycles. The number of benzene rings is 2. The molecule has 0 spiro atoms. The van der Waals surface area contributed by atoms with Gasteiger partial charge >= 0.3 is 0 Å². The molecule has 21 heavy (non-hydrogen) atoms. The Hall–Kier alpha value is -1.52. The molecule has 0 fully saturated rings. The number of ether oxygens (including phenoxy) is 1. The Morgan fingerprint density at radius 3 is 2.90 bits per heavy atom. The Balaban J connectivity index is 1.68. The predicted molar refractivity (Wildman–Crippen MR) is 84.4 cm³/mol. The molecular weight excluding hydrogens is 285 g/mol. The molecule has 1 heterocycles. The number of thioether (sulfide) groups is 1. The maximum Gasteiger partial charge on any atom is 0.131 e. The smallest absolute Gasteiger partial charge is 0.131 e. The van der Waals surface area contributed by atoms with Crippen molar-refractivity contribution in [1.82, 2.24) is 0 Å². The van der Waals surface area contributed by atoms with Gasteiger partial charge in [-0.15, -0.1) is 11.8 Å².